The highest BCUT2D eigenvalue weighted by Gasteiger charge is 2.11. The van der Waals surface area contributed by atoms with Gasteiger partial charge in [-0.25, -0.2) is 4.98 Å². The third kappa shape index (κ3) is 3.84. The normalized spacial score (nSPS) is 12.1. The number of carbonyl (C=O) groups excluding carboxylic acids is 1. The Balaban J connectivity index is 1.60. The predicted molar refractivity (Wildman–Crippen MR) is 92.5 cm³/mol. The summed E-state index contributed by atoms with van der Waals surface area (Å²) in [5.41, 5.74) is 2.81. The van der Waals surface area contributed by atoms with Crippen molar-refractivity contribution in [1.29, 1.82) is 0 Å². The van der Waals surface area contributed by atoms with E-state index in [-0.39, 0.29) is 11.9 Å². The molecule has 0 aliphatic heterocycles. The van der Waals surface area contributed by atoms with Crippen LogP contribution in [0.4, 0.5) is 5.69 Å². The minimum absolute atomic E-state index is 0.0229. The number of nitrogens with zero attached hydrogens (tertiary/aromatic N) is 3. The van der Waals surface area contributed by atoms with Crippen LogP contribution in [0.1, 0.15) is 24.4 Å². The summed E-state index contributed by atoms with van der Waals surface area (Å²) in [5, 5.41) is 10.2. The molecule has 0 aliphatic rings. The Morgan fingerprint density at radius 3 is 2.74 bits per heavy atom. The SMILES string of the molecule is Cc1nc(-c2ccc(NC(=O)CC(C)n3cccn3)cc2)cs1. The van der Waals surface area contributed by atoms with E-state index in [0.717, 1.165) is 22.0 Å². The first-order valence-electron chi connectivity index (χ1n) is 7.43. The Morgan fingerprint density at radius 2 is 2.13 bits per heavy atom. The molecule has 6 heteroatoms. The molecule has 1 aromatic carbocycles. The average molecular weight is 326 g/mol. The van der Waals surface area contributed by atoms with E-state index < -0.39 is 0 Å². The second-order valence-corrected chi connectivity index (χ2v) is 6.48. The van der Waals surface area contributed by atoms with Crippen LogP contribution in [0.2, 0.25) is 0 Å². The van der Waals surface area contributed by atoms with Gasteiger partial charge in [-0.15, -0.1) is 11.3 Å². The summed E-state index contributed by atoms with van der Waals surface area (Å²) >= 11 is 1.63. The highest BCUT2D eigenvalue weighted by molar-refractivity contribution is 7.09. The van der Waals surface area contributed by atoms with Gasteiger partial charge in [-0.3, -0.25) is 9.48 Å². The number of thiazole rings is 1. The van der Waals surface area contributed by atoms with Crippen molar-refractivity contribution in [2.45, 2.75) is 26.3 Å². The molecule has 0 saturated carbocycles. The number of aryl methyl sites for hydroxylation is 1. The van der Waals surface area contributed by atoms with E-state index in [4.69, 9.17) is 0 Å². The van der Waals surface area contributed by atoms with Crippen LogP contribution in [0.15, 0.2) is 48.1 Å². The largest absolute Gasteiger partial charge is 0.326 e. The van der Waals surface area contributed by atoms with Gasteiger partial charge in [-0.05, 0) is 32.0 Å². The fourth-order valence-corrected chi connectivity index (χ4v) is 2.96. The summed E-state index contributed by atoms with van der Waals surface area (Å²) < 4.78 is 1.78. The van der Waals surface area contributed by atoms with Crippen molar-refractivity contribution in [3.8, 4) is 11.3 Å². The first kappa shape index (κ1) is 15.4. The van der Waals surface area contributed by atoms with Gasteiger partial charge in [-0.1, -0.05) is 12.1 Å². The number of rotatable bonds is 5. The lowest BCUT2D eigenvalue weighted by atomic mass is 10.1. The number of carbonyl (C=O) groups is 1. The van der Waals surface area contributed by atoms with Crippen molar-refractivity contribution < 1.29 is 4.79 Å². The Kier molecular flexibility index (Phi) is 4.52. The molecule has 2 heterocycles. The molecule has 0 spiro atoms. The minimum Gasteiger partial charge on any atom is -0.326 e. The minimum atomic E-state index is -0.0229. The smallest absolute Gasteiger partial charge is 0.226 e. The van der Waals surface area contributed by atoms with Gasteiger partial charge in [-0.2, -0.15) is 5.10 Å². The lowest BCUT2D eigenvalue weighted by Gasteiger charge is -2.12. The van der Waals surface area contributed by atoms with E-state index in [1.165, 1.54) is 0 Å². The van der Waals surface area contributed by atoms with Crippen LogP contribution in [-0.4, -0.2) is 20.7 Å². The molecule has 1 amide bonds. The third-order valence-corrected chi connectivity index (χ3v) is 4.31. The van der Waals surface area contributed by atoms with Crippen LogP contribution in [-0.2, 0) is 4.79 Å². The molecule has 1 atom stereocenters. The maximum atomic E-state index is 12.1. The average Bonchev–Trinajstić information content (AvgIpc) is 3.19. The van der Waals surface area contributed by atoms with Gasteiger partial charge in [0.15, 0.2) is 0 Å². The van der Waals surface area contributed by atoms with Gasteiger partial charge in [0.05, 0.1) is 16.7 Å². The van der Waals surface area contributed by atoms with Crippen molar-refractivity contribution >= 4 is 22.9 Å². The van der Waals surface area contributed by atoms with Crippen LogP contribution in [0, 0.1) is 6.92 Å². The van der Waals surface area contributed by atoms with Crippen LogP contribution in [0.25, 0.3) is 11.3 Å². The summed E-state index contributed by atoms with van der Waals surface area (Å²) in [6.07, 6.45) is 3.96. The molecule has 3 rings (SSSR count). The summed E-state index contributed by atoms with van der Waals surface area (Å²) in [6, 6.07) is 9.64. The molecule has 3 aromatic rings. The van der Waals surface area contributed by atoms with Gasteiger partial charge >= 0.3 is 0 Å². The van der Waals surface area contributed by atoms with Gasteiger partial charge in [0, 0.05) is 35.4 Å². The first-order chi connectivity index (χ1) is 11.1. The zero-order valence-electron chi connectivity index (χ0n) is 13.1. The third-order valence-electron chi connectivity index (χ3n) is 3.54. The standard InChI is InChI=1S/C17H18N4OS/c1-12(21-9-3-8-18-21)10-17(22)20-15-6-4-14(5-7-15)16-11-23-13(2)19-16/h3-9,11-12H,10H2,1-2H3,(H,20,22). The number of benzene rings is 1. The van der Waals surface area contributed by atoms with E-state index in [1.54, 1.807) is 22.2 Å². The molecule has 23 heavy (non-hydrogen) atoms. The van der Waals surface area contributed by atoms with E-state index in [0.29, 0.717) is 6.42 Å². The second kappa shape index (κ2) is 6.75. The quantitative estimate of drug-likeness (QED) is 0.773. The highest BCUT2D eigenvalue weighted by atomic mass is 32.1. The Bertz CT molecular complexity index is 777. The van der Waals surface area contributed by atoms with Gasteiger partial charge in [0.25, 0.3) is 0 Å². The van der Waals surface area contributed by atoms with Crippen LogP contribution in [0.5, 0.6) is 0 Å². The van der Waals surface area contributed by atoms with Gasteiger partial charge < -0.3 is 5.32 Å². The predicted octanol–water partition coefficient (Wildman–Crippen LogP) is 3.90. The van der Waals surface area contributed by atoms with E-state index in [2.05, 4.69) is 15.4 Å². The van der Waals surface area contributed by atoms with E-state index in [9.17, 15) is 4.79 Å². The summed E-state index contributed by atoms with van der Waals surface area (Å²) in [4.78, 5) is 16.6. The Morgan fingerprint density at radius 1 is 1.35 bits per heavy atom. The molecular formula is C17H18N4OS. The molecule has 1 N–H and O–H groups in total. The first-order valence-corrected chi connectivity index (χ1v) is 8.31. The van der Waals surface area contributed by atoms with E-state index in [1.807, 2.05) is 55.8 Å². The van der Waals surface area contributed by atoms with Crippen molar-refractivity contribution in [1.82, 2.24) is 14.8 Å². The number of hydrogen-bond donors (Lipinski definition) is 1. The van der Waals surface area contributed by atoms with Crippen molar-refractivity contribution in [2.24, 2.45) is 0 Å². The Labute approximate surface area is 139 Å². The number of hydrogen-bond acceptors (Lipinski definition) is 4. The maximum absolute atomic E-state index is 12.1. The monoisotopic (exact) mass is 326 g/mol. The lowest BCUT2D eigenvalue weighted by molar-refractivity contribution is -0.116. The molecule has 0 radical (unpaired) electrons. The van der Waals surface area contributed by atoms with Gasteiger partial charge in [0.1, 0.15) is 0 Å². The summed E-state index contributed by atoms with van der Waals surface area (Å²) in [5.74, 6) is -0.0229. The van der Waals surface area contributed by atoms with Crippen LogP contribution >= 0.6 is 11.3 Å². The number of nitrogens with one attached hydrogen (secondary N) is 1. The molecule has 2 aromatic heterocycles. The fraction of sp³-hybridized carbons (Fsp3) is 0.235. The fourth-order valence-electron chi connectivity index (χ4n) is 2.34. The molecule has 0 aliphatic carbocycles. The Hall–Kier alpha value is -2.47. The van der Waals surface area contributed by atoms with Crippen LogP contribution in [0.3, 0.4) is 0 Å². The van der Waals surface area contributed by atoms with Crippen LogP contribution < -0.4 is 5.32 Å². The molecule has 5 nitrogen and oxygen atoms in total. The maximum Gasteiger partial charge on any atom is 0.226 e. The summed E-state index contributed by atoms with van der Waals surface area (Å²) in [7, 11) is 0. The second-order valence-electron chi connectivity index (χ2n) is 5.42. The van der Waals surface area contributed by atoms with Crippen molar-refractivity contribution in [3.63, 3.8) is 0 Å². The molecule has 0 fully saturated rings. The number of amides is 1. The molecule has 1 unspecified atom stereocenters. The zero-order valence-corrected chi connectivity index (χ0v) is 13.9. The number of aromatic nitrogens is 3. The van der Waals surface area contributed by atoms with Crippen molar-refractivity contribution in [2.75, 3.05) is 5.32 Å². The molecule has 0 bridgehead atoms. The van der Waals surface area contributed by atoms with Crippen molar-refractivity contribution in [3.05, 3.63) is 53.1 Å². The topological polar surface area (TPSA) is 59.8 Å². The van der Waals surface area contributed by atoms with E-state index >= 15 is 0 Å². The molecule has 0 saturated heterocycles. The highest BCUT2D eigenvalue weighted by Crippen LogP contribution is 2.23. The lowest BCUT2D eigenvalue weighted by Crippen LogP contribution is -2.17. The number of anilines is 1. The molecular weight excluding hydrogens is 308 g/mol. The summed E-state index contributed by atoms with van der Waals surface area (Å²) in [6.45, 7) is 3.96. The molecule has 118 valence electrons. The zero-order chi connectivity index (χ0) is 16.2. The van der Waals surface area contributed by atoms with Gasteiger partial charge in [0.2, 0.25) is 5.91 Å².